The molecule has 0 saturated heterocycles. The Morgan fingerprint density at radius 1 is 1.42 bits per heavy atom. The molecule has 8 heteroatoms. The number of carbonyl (C=O) groups is 1. The van der Waals surface area contributed by atoms with Crippen molar-refractivity contribution in [1.29, 1.82) is 0 Å². The van der Waals surface area contributed by atoms with E-state index in [-0.39, 0.29) is 5.56 Å². The molecule has 1 amide bonds. The van der Waals surface area contributed by atoms with Gasteiger partial charge in [0.25, 0.3) is 5.91 Å². The average molecular weight is 259 g/mol. The van der Waals surface area contributed by atoms with Crippen LogP contribution in [0.3, 0.4) is 0 Å². The Balaban J connectivity index is 2.32. The molecule has 0 atom stereocenters. The lowest BCUT2D eigenvalue weighted by molar-refractivity contribution is -0.390. The fourth-order valence-corrected chi connectivity index (χ4v) is 1.39. The van der Waals surface area contributed by atoms with Gasteiger partial charge in [0.15, 0.2) is 5.56 Å². The van der Waals surface area contributed by atoms with Crippen molar-refractivity contribution >= 4 is 17.9 Å². The first-order chi connectivity index (χ1) is 9.08. The lowest BCUT2D eigenvalue weighted by atomic mass is 10.2. The molecule has 0 fully saturated rings. The molecule has 2 rings (SSSR count). The van der Waals surface area contributed by atoms with Crippen LogP contribution in [0.1, 0.15) is 15.9 Å². The lowest BCUT2D eigenvalue weighted by Crippen LogP contribution is -2.11. The number of primary amides is 1. The van der Waals surface area contributed by atoms with Crippen LogP contribution in [0.15, 0.2) is 41.6 Å². The smallest absolute Gasteiger partial charge is 0.365 e. The number of nitrogens with two attached hydrogens (primary N) is 1. The number of benzene rings is 1. The minimum absolute atomic E-state index is 0.282. The largest absolute Gasteiger partial charge is 0.405 e. The zero-order valence-corrected chi connectivity index (χ0v) is 9.63. The molecule has 0 radical (unpaired) electrons. The van der Waals surface area contributed by atoms with Crippen LogP contribution in [0.25, 0.3) is 0 Å². The Labute approximate surface area is 107 Å². The van der Waals surface area contributed by atoms with E-state index in [1.165, 1.54) is 6.21 Å². The minimum atomic E-state index is -0.923. The predicted molar refractivity (Wildman–Crippen MR) is 66.8 cm³/mol. The topological polar surface area (TPSA) is 116 Å². The highest BCUT2D eigenvalue weighted by Gasteiger charge is 2.24. The van der Waals surface area contributed by atoms with Gasteiger partial charge in [0, 0.05) is 0 Å². The molecule has 0 unspecified atom stereocenters. The van der Waals surface area contributed by atoms with Gasteiger partial charge in [-0.05, 0) is 10.5 Å². The van der Waals surface area contributed by atoms with Gasteiger partial charge in [0.1, 0.15) is 0 Å². The molecule has 2 aromatic rings. The second-order valence-electron chi connectivity index (χ2n) is 3.56. The summed E-state index contributed by atoms with van der Waals surface area (Å²) in [6.07, 6.45) is 2.57. The molecular weight excluding hydrogens is 250 g/mol. The van der Waals surface area contributed by atoms with E-state index in [0.717, 1.165) is 16.6 Å². The molecule has 0 saturated carbocycles. The number of hydrogen-bond acceptors (Lipinski definition) is 5. The molecule has 0 spiro atoms. The highest BCUT2D eigenvalue weighted by molar-refractivity contribution is 5.96. The highest BCUT2D eigenvalue weighted by atomic mass is 16.6. The number of carbonyl (C=O) groups excluding carboxylic acids is 1. The van der Waals surface area contributed by atoms with Crippen molar-refractivity contribution in [2.45, 2.75) is 0 Å². The summed E-state index contributed by atoms with van der Waals surface area (Å²) in [5, 5.41) is 18.1. The van der Waals surface area contributed by atoms with Crippen LogP contribution in [0.2, 0.25) is 0 Å². The van der Waals surface area contributed by atoms with Gasteiger partial charge in [-0.1, -0.05) is 35.1 Å². The van der Waals surface area contributed by atoms with Crippen LogP contribution in [-0.4, -0.2) is 26.9 Å². The number of nitro groups is 1. The monoisotopic (exact) mass is 259 g/mol. The van der Waals surface area contributed by atoms with Crippen LogP contribution in [0.4, 0.5) is 5.82 Å². The summed E-state index contributed by atoms with van der Waals surface area (Å²) in [4.78, 5) is 21.9. The van der Waals surface area contributed by atoms with Crippen LogP contribution < -0.4 is 5.73 Å². The third-order valence-electron chi connectivity index (χ3n) is 2.25. The average Bonchev–Trinajstić information content (AvgIpc) is 2.82. The molecule has 2 N–H and O–H groups in total. The van der Waals surface area contributed by atoms with Crippen molar-refractivity contribution in [3.05, 3.63) is 57.8 Å². The fraction of sp³-hybridized carbons (Fsp3) is 0. The standard InChI is InChI=1S/C11H9N5O3/c12-10(17)9-7-15(14-11(9)16(18)19)13-6-8-4-2-1-3-5-8/h1-7H,(H2,12,17)/b13-6-. The van der Waals surface area contributed by atoms with Gasteiger partial charge >= 0.3 is 5.82 Å². The highest BCUT2D eigenvalue weighted by Crippen LogP contribution is 2.14. The second-order valence-corrected chi connectivity index (χ2v) is 3.56. The van der Waals surface area contributed by atoms with Gasteiger partial charge in [0.2, 0.25) is 0 Å². The molecule has 1 aromatic heterocycles. The van der Waals surface area contributed by atoms with E-state index in [1.54, 1.807) is 12.1 Å². The molecule has 0 bridgehead atoms. The van der Waals surface area contributed by atoms with E-state index in [2.05, 4.69) is 10.2 Å². The van der Waals surface area contributed by atoms with Crippen molar-refractivity contribution in [2.24, 2.45) is 10.8 Å². The number of nitrogens with zero attached hydrogens (tertiary/aromatic N) is 4. The quantitative estimate of drug-likeness (QED) is 0.495. The van der Waals surface area contributed by atoms with Crippen molar-refractivity contribution in [3.8, 4) is 0 Å². The van der Waals surface area contributed by atoms with E-state index in [0.29, 0.717) is 0 Å². The molecule has 0 aliphatic heterocycles. The van der Waals surface area contributed by atoms with Crippen molar-refractivity contribution in [1.82, 2.24) is 9.89 Å². The number of hydrogen-bond donors (Lipinski definition) is 1. The molecular formula is C11H9N5O3. The zero-order valence-electron chi connectivity index (χ0n) is 9.63. The van der Waals surface area contributed by atoms with Crippen molar-refractivity contribution in [3.63, 3.8) is 0 Å². The first-order valence-electron chi connectivity index (χ1n) is 5.21. The summed E-state index contributed by atoms with van der Waals surface area (Å²) in [5.74, 6) is -1.54. The summed E-state index contributed by atoms with van der Waals surface area (Å²) in [5.41, 5.74) is 5.54. The maximum absolute atomic E-state index is 11.0. The van der Waals surface area contributed by atoms with Crippen molar-refractivity contribution < 1.29 is 9.72 Å². The van der Waals surface area contributed by atoms with Gasteiger partial charge in [0.05, 0.1) is 17.5 Å². The lowest BCUT2D eigenvalue weighted by Gasteiger charge is -1.88. The Morgan fingerprint density at radius 3 is 2.63 bits per heavy atom. The first-order valence-corrected chi connectivity index (χ1v) is 5.21. The summed E-state index contributed by atoms with van der Waals surface area (Å²) >= 11 is 0. The predicted octanol–water partition coefficient (Wildman–Crippen LogP) is 0.772. The van der Waals surface area contributed by atoms with Gasteiger partial charge < -0.3 is 15.8 Å². The maximum atomic E-state index is 11.0. The third kappa shape index (κ3) is 2.80. The van der Waals surface area contributed by atoms with Crippen LogP contribution in [0.5, 0.6) is 0 Å². The first kappa shape index (κ1) is 12.4. The van der Waals surface area contributed by atoms with Gasteiger partial charge in [-0.3, -0.25) is 4.79 Å². The Morgan fingerprint density at radius 2 is 2.11 bits per heavy atom. The molecule has 19 heavy (non-hydrogen) atoms. The molecule has 0 aliphatic rings. The van der Waals surface area contributed by atoms with E-state index < -0.39 is 16.6 Å². The van der Waals surface area contributed by atoms with Gasteiger partial charge in [-0.15, -0.1) is 5.10 Å². The second kappa shape index (κ2) is 5.08. The Kier molecular flexibility index (Phi) is 3.33. The molecule has 96 valence electrons. The normalized spacial score (nSPS) is 10.7. The SMILES string of the molecule is NC(=O)c1cn(/N=C\c2ccccc2)nc1[N+](=O)[O-]. The Hall–Kier alpha value is -3.03. The molecule has 0 aliphatic carbocycles. The Bertz CT molecular complexity index is 616. The number of aromatic nitrogens is 2. The zero-order chi connectivity index (χ0) is 13.8. The number of rotatable bonds is 4. The summed E-state index contributed by atoms with van der Waals surface area (Å²) in [6.45, 7) is 0. The summed E-state index contributed by atoms with van der Waals surface area (Å²) < 4.78 is 0. The van der Waals surface area contributed by atoms with Crippen LogP contribution in [0, 0.1) is 10.1 Å². The van der Waals surface area contributed by atoms with Crippen LogP contribution in [-0.2, 0) is 0 Å². The van der Waals surface area contributed by atoms with Gasteiger partial charge in [-0.2, -0.15) is 0 Å². The van der Waals surface area contributed by atoms with E-state index in [9.17, 15) is 14.9 Å². The maximum Gasteiger partial charge on any atom is 0.405 e. The fourth-order valence-electron chi connectivity index (χ4n) is 1.39. The molecule has 1 heterocycles. The van der Waals surface area contributed by atoms with Gasteiger partial charge in [-0.25, -0.2) is 0 Å². The minimum Gasteiger partial charge on any atom is -0.365 e. The summed E-state index contributed by atoms with van der Waals surface area (Å²) in [6, 6.07) is 9.09. The molecule has 8 nitrogen and oxygen atoms in total. The number of amides is 1. The van der Waals surface area contributed by atoms with Crippen LogP contribution >= 0.6 is 0 Å². The van der Waals surface area contributed by atoms with E-state index in [4.69, 9.17) is 5.73 Å². The summed E-state index contributed by atoms with van der Waals surface area (Å²) in [7, 11) is 0. The van der Waals surface area contributed by atoms with E-state index >= 15 is 0 Å². The third-order valence-corrected chi connectivity index (χ3v) is 2.25. The van der Waals surface area contributed by atoms with E-state index in [1.807, 2.05) is 18.2 Å². The van der Waals surface area contributed by atoms with Crippen molar-refractivity contribution in [2.75, 3.05) is 0 Å². The molecule has 1 aromatic carbocycles.